The van der Waals surface area contributed by atoms with Crippen LogP contribution in [0.3, 0.4) is 0 Å². The van der Waals surface area contributed by atoms with Crippen LogP contribution in [0.15, 0.2) is 0 Å². The van der Waals surface area contributed by atoms with Gasteiger partial charge >= 0.3 is 0 Å². The van der Waals surface area contributed by atoms with Crippen LogP contribution in [-0.4, -0.2) is 6.04 Å². The lowest BCUT2D eigenvalue weighted by atomic mass is 9.96. The van der Waals surface area contributed by atoms with Gasteiger partial charge in [-0.3, -0.25) is 0 Å². The minimum absolute atomic E-state index is 0.427. The maximum absolute atomic E-state index is 5.89. The summed E-state index contributed by atoms with van der Waals surface area (Å²) in [6.07, 6.45) is 8.42. The first-order valence-corrected chi connectivity index (χ1v) is 5.49. The SMILES string of the molecule is CCCCC1CCC(C(C)N)C1. The number of rotatable bonds is 4. The monoisotopic (exact) mass is 169 g/mol. The molecule has 1 aliphatic carbocycles. The van der Waals surface area contributed by atoms with Crippen LogP contribution in [0, 0.1) is 11.8 Å². The zero-order valence-corrected chi connectivity index (χ0v) is 8.55. The Morgan fingerprint density at radius 1 is 1.42 bits per heavy atom. The fraction of sp³-hybridized carbons (Fsp3) is 1.00. The molecular formula is C11H23N. The van der Waals surface area contributed by atoms with Crippen molar-refractivity contribution in [2.45, 2.75) is 58.4 Å². The minimum Gasteiger partial charge on any atom is -0.328 e. The van der Waals surface area contributed by atoms with Crippen molar-refractivity contribution in [3.05, 3.63) is 0 Å². The van der Waals surface area contributed by atoms with Crippen molar-refractivity contribution in [1.29, 1.82) is 0 Å². The molecule has 0 radical (unpaired) electrons. The predicted molar refractivity (Wildman–Crippen MR) is 54.0 cm³/mol. The summed E-state index contributed by atoms with van der Waals surface area (Å²) < 4.78 is 0. The molecule has 1 saturated carbocycles. The molecule has 0 amide bonds. The molecule has 72 valence electrons. The molecule has 0 aromatic rings. The molecule has 3 atom stereocenters. The Balaban J connectivity index is 2.17. The summed E-state index contributed by atoms with van der Waals surface area (Å²) in [7, 11) is 0. The van der Waals surface area contributed by atoms with Crippen LogP contribution in [-0.2, 0) is 0 Å². The van der Waals surface area contributed by atoms with Gasteiger partial charge in [0.2, 0.25) is 0 Å². The van der Waals surface area contributed by atoms with Gasteiger partial charge in [-0.25, -0.2) is 0 Å². The summed E-state index contributed by atoms with van der Waals surface area (Å²) in [5.41, 5.74) is 5.89. The van der Waals surface area contributed by atoms with E-state index in [1.165, 1.54) is 38.5 Å². The van der Waals surface area contributed by atoms with Gasteiger partial charge in [-0.05, 0) is 31.6 Å². The van der Waals surface area contributed by atoms with Crippen LogP contribution in [0.2, 0.25) is 0 Å². The van der Waals surface area contributed by atoms with E-state index < -0.39 is 0 Å². The van der Waals surface area contributed by atoms with Crippen LogP contribution in [0.4, 0.5) is 0 Å². The molecule has 1 aliphatic rings. The van der Waals surface area contributed by atoms with Crippen molar-refractivity contribution in [2.24, 2.45) is 17.6 Å². The van der Waals surface area contributed by atoms with E-state index in [9.17, 15) is 0 Å². The van der Waals surface area contributed by atoms with Gasteiger partial charge in [-0.2, -0.15) is 0 Å². The molecule has 1 heteroatoms. The van der Waals surface area contributed by atoms with Crippen molar-refractivity contribution >= 4 is 0 Å². The van der Waals surface area contributed by atoms with Crippen molar-refractivity contribution in [3.63, 3.8) is 0 Å². The largest absolute Gasteiger partial charge is 0.328 e. The van der Waals surface area contributed by atoms with E-state index in [2.05, 4.69) is 13.8 Å². The zero-order chi connectivity index (χ0) is 8.97. The van der Waals surface area contributed by atoms with Crippen LogP contribution in [0.25, 0.3) is 0 Å². The van der Waals surface area contributed by atoms with Gasteiger partial charge in [-0.15, -0.1) is 0 Å². The highest BCUT2D eigenvalue weighted by Crippen LogP contribution is 2.35. The lowest BCUT2D eigenvalue weighted by molar-refractivity contribution is 0.413. The van der Waals surface area contributed by atoms with Gasteiger partial charge in [0, 0.05) is 6.04 Å². The van der Waals surface area contributed by atoms with Gasteiger partial charge in [0.1, 0.15) is 0 Å². The molecule has 0 aromatic heterocycles. The topological polar surface area (TPSA) is 26.0 Å². The van der Waals surface area contributed by atoms with Crippen LogP contribution in [0.5, 0.6) is 0 Å². The normalized spacial score (nSPS) is 32.2. The van der Waals surface area contributed by atoms with E-state index in [1.54, 1.807) is 0 Å². The zero-order valence-electron chi connectivity index (χ0n) is 8.55. The molecule has 0 bridgehead atoms. The van der Waals surface area contributed by atoms with Gasteiger partial charge < -0.3 is 5.73 Å². The standard InChI is InChI=1S/C11H23N/c1-3-4-5-10-6-7-11(8-10)9(2)12/h9-11H,3-8,12H2,1-2H3. The first-order valence-electron chi connectivity index (χ1n) is 5.49. The summed E-state index contributed by atoms with van der Waals surface area (Å²) in [5.74, 6) is 1.83. The number of unbranched alkanes of at least 4 members (excludes halogenated alkanes) is 1. The summed E-state index contributed by atoms with van der Waals surface area (Å²) in [4.78, 5) is 0. The second-order valence-corrected chi connectivity index (χ2v) is 4.44. The molecule has 0 spiro atoms. The van der Waals surface area contributed by atoms with Crippen molar-refractivity contribution in [3.8, 4) is 0 Å². The smallest absolute Gasteiger partial charge is 0.00388 e. The molecule has 0 aliphatic heterocycles. The van der Waals surface area contributed by atoms with Crippen molar-refractivity contribution in [2.75, 3.05) is 0 Å². The second kappa shape index (κ2) is 4.86. The Morgan fingerprint density at radius 2 is 2.17 bits per heavy atom. The van der Waals surface area contributed by atoms with Gasteiger partial charge in [0.15, 0.2) is 0 Å². The van der Waals surface area contributed by atoms with Crippen molar-refractivity contribution in [1.82, 2.24) is 0 Å². The highest BCUT2D eigenvalue weighted by atomic mass is 14.6. The maximum Gasteiger partial charge on any atom is 0.00388 e. The first-order chi connectivity index (χ1) is 5.74. The summed E-state index contributed by atoms with van der Waals surface area (Å²) in [6.45, 7) is 4.44. The molecule has 0 saturated heterocycles. The molecule has 2 N–H and O–H groups in total. The fourth-order valence-electron chi connectivity index (χ4n) is 2.35. The number of hydrogen-bond acceptors (Lipinski definition) is 1. The lowest BCUT2D eigenvalue weighted by Gasteiger charge is -2.14. The van der Waals surface area contributed by atoms with Crippen LogP contribution < -0.4 is 5.73 Å². The Labute approximate surface area is 76.7 Å². The molecule has 0 aromatic carbocycles. The third kappa shape index (κ3) is 2.78. The van der Waals surface area contributed by atoms with Crippen molar-refractivity contribution < 1.29 is 0 Å². The van der Waals surface area contributed by atoms with Gasteiger partial charge in [-0.1, -0.05) is 32.6 Å². The van der Waals surface area contributed by atoms with E-state index in [0.717, 1.165) is 11.8 Å². The van der Waals surface area contributed by atoms with Crippen LogP contribution >= 0.6 is 0 Å². The summed E-state index contributed by atoms with van der Waals surface area (Å²) in [5, 5.41) is 0. The molecule has 1 fully saturated rings. The average molecular weight is 169 g/mol. The third-order valence-electron chi connectivity index (χ3n) is 3.29. The second-order valence-electron chi connectivity index (χ2n) is 4.44. The Bertz CT molecular complexity index is 120. The van der Waals surface area contributed by atoms with Gasteiger partial charge in [0.25, 0.3) is 0 Å². The average Bonchev–Trinajstić information content (AvgIpc) is 2.48. The fourth-order valence-corrected chi connectivity index (χ4v) is 2.35. The summed E-state index contributed by atoms with van der Waals surface area (Å²) in [6, 6.07) is 0.427. The molecule has 1 nitrogen and oxygen atoms in total. The molecule has 3 unspecified atom stereocenters. The lowest BCUT2D eigenvalue weighted by Crippen LogP contribution is -2.24. The quantitative estimate of drug-likeness (QED) is 0.688. The van der Waals surface area contributed by atoms with E-state index in [0.29, 0.717) is 6.04 Å². The maximum atomic E-state index is 5.89. The van der Waals surface area contributed by atoms with Gasteiger partial charge in [0.05, 0.1) is 0 Å². The van der Waals surface area contributed by atoms with E-state index in [1.807, 2.05) is 0 Å². The number of nitrogens with two attached hydrogens (primary N) is 1. The Kier molecular flexibility index (Phi) is 4.07. The Morgan fingerprint density at radius 3 is 2.67 bits per heavy atom. The molecular weight excluding hydrogens is 146 g/mol. The molecule has 1 rings (SSSR count). The van der Waals surface area contributed by atoms with E-state index in [4.69, 9.17) is 5.73 Å². The Hall–Kier alpha value is -0.0400. The third-order valence-corrected chi connectivity index (χ3v) is 3.29. The molecule has 12 heavy (non-hydrogen) atoms. The first kappa shape index (κ1) is 10.0. The predicted octanol–water partition coefficient (Wildman–Crippen LogP) is 2.94. The highest BCUT2D eigenvalue weighted by Gasteiger charge is 2.26. The minimum atomic E-state index is 0.427. The van der Waals surface area contributed by atoms with E-state index in [-0.39, 0.29) is 0 Å². The van der Waals surface area contributed by atoms with Crippen LogP contribution in [0.1, 0.15) is 52.4 Å². The number of hydrogen-bond donors (Lipinski definition) is 1. The summed E-state index contributed by atoms with van der Waals surface area (Å²) >= 11 is 0. The van der Waals surface area contributed by atoms with E-state index >= 15 is 0 Å². The molecule has 0 heterocycles. The highest BCUT2D eigenvalue weighted by molar-refractivity contribution is 4.80.